The van der Waals surface area contributed by atoms with Crippen LogP contribution in [-0.2, 0) is 29.0 Å². The van der Waals surface area contributed by atoms with Crippen molar-refractivity contribution in [3.63, 3.8) is 0 Å². The van der Waals surface area contributed by atoms with Crippen LogP contribution in [0.15, 0.2) is 53.0 Å². The van der Waals surface area contributed by atoms with Crippen LogP contribution in [0.1, 0.15) is 57.2 Å². The number of halogens is 1. The topological polar surface area (TPSA) is 49.4 Å². The lowest BCUT2D eigenvalue weighted by Crippen LogP contribution is -2.49. The number of nitrogens with zero attached hydrogens (tertiary/aromatic N) is 1. The minimum Gasteiger partial charge on any atom is -0.352 e. The van der Waals surface area contributed by atoms with Gasteiger partial charge >= 0.3 is 0 Å². The van der Waals surface area contributed by atoms with E-state index < -0.39 is 6.04 Å². The zero-order valence-electron chi connectivity index (χ0n) is 18.5. The minimum absolute atomic E-state index is 0.0126. The molecule has 0 unspecified atom stereocenters. The molecule has 5 heteroatoms. The predicted molar refractivity (Wildman–Crippen MR) is 126 cm³/mol. The second-order valence-electron chi connectivity index (χ2n) is 7.82. The van der Waals surface area contributed by atoms with E-state index in [1.807, 2.05) is 45.0 Å². The first-order valence-corrected chi connectivity index (χ1v) is 11.5. The molecule has 2 aromatic carbocycles. The average molecular weight is 473 g/mol. The standard InChI is InChI=1S/C25H33BrN2O2/c1-5-18(3)27-25(30)19(4)28(17-22-8-7-9-23(26)16-22)24(29)15-14-21-12-10-20(6-2)11-13-21/h7-13,16,18-19H,5-6,14-15,17H2,1-4H3,(H,27,30)/t18-,19+/m1/s1. The van der Waals surface area contributed by atoms with Crippen molar-refractivity contribution in [1.82, 2.24) is 10.2 Å². The summed E-state index contributed by atoms with van der Waals surface area (Å²) < 4.78 is 0.958. The summed E-state index contributed by atoms with van der Waals surface area (Å²) in [6, 6.07) is 15.8. The quantitative estimate of drug-likeness (QED) is 0.511. The number of carbonyl (C=O) groups is 2. The van der Waals surface area contributed by atoms with Crippen LogP contribution in [-0.4, -0.2) is 28.8 Å². The van der Waals surface area contributed by atoms with Gasteiger partial charge in [0.2, 0.25) is 11.8 Å². The fraction of sp³-hybridized carbons (Fsp3) is 0.440. The van der Waals surface area contributed by atoms with Crippen molar-refractivity contribution in [2.45, 2.75) is 72.0 Å². The van der Waals surface area contributed by atoms with Crippen molar-refractivity contribution in [2.75, 3.05) is 0 Å². The molecule has 0 bridgehead atoms. The maximum Gasteiger partial charge on any atom is 0.242 e. The molecule has 0 saturated carbocycles. The summed E-state index contributed by atoms with van der Waals surface area (Å²) in [6.07, 6.45) is 2.90. The molecule has 0 aliphatic carbocycles. The van der Waals surface area contributed by atoms with Gasteiger partial charge in [0.1, 0.15) is 6.04 Å². The summed E-state index contributed by atoms with van der Waals surface area (Å²) in [4.78, 5) is 27.6. The first kappa shape index (κ1) is 24.1. The molecule has 0 heterocycles. The Morgan fingerprint density at radius 2 is 1.67 bits per heavy atom. The molecule has 4 nitrogen and oxygen atoms in total. The number of hydrogen-bond acceptors (Lipinski definition) is 2. The van der Waals surface area contributed by atoms with Crippen molar-refractivity contribution >= 4 is 27.7 Å². The average Bonchev–Trinajstić information content (AvgIpc) is 2.75. The number of aryl methyl sites for hydroxylation is 2. The van der Waals surface area contributed by atoms with Gasteiger partial charge in [0, 0.05) is 23.5 Å². The molecule has 2 amide bonds. The molecule has 0 radical (unpaired) electrons. The lowest BCUT2D eigenvalue weighted by molar-refractivity contribution is -0.140. The number of amides is 2. The van der Waals surface area contributed by atoms with Gasteiger partial charge < -0.3 is 10.2 Å². The van der Waals surface area contributed by atoms with Gasteiger partial charge in [-0.25, -0.2) is 0 Å². The Bertz CT molecular complexity index is 835. The molecule has 0 aromatic heterocycles. The second-order valence-corrected chi connectivity index (χ2v) is 8.73. The van der Waals surface area contributed by atoms with Crippen LogP contribution in [0.5, 0.6) is 0 Å². The van der Waals surface area contributed by atoms with E-state index in [4.69, 9.17) is 0 Å². The lowest BCUT2D eigenvalue weighted by Gasteiger charge is -2.30. The van der Waals surface area contributed by atoms with Crippen LogP contribution in [0.3, 0.4) is 0 Å². The van der Waals surface area contributed by atoms with Gasteiger partial charge in [-0.1, -0.05) is 66.2 Å². The third-order valence-electron chi connectivity index (χ3n) is 5.47. The molecule has 0 aliphatic rings. The van der Waals surface area contributed by atoms with Gasteiger partial charge in [0.15, 0.2) is 0 Å². The minimum atomic E-state index is -0.534. The number of hydrogen-bond donors (Lipinski definition) is 1. The predicted octanol–water partition coefficient (Wildman–Crippen LogP) is 5.28. The maximum atomic E-state index is 13.2. The van der Waals surface area contributed by atoms with E-state index in [9.17, 15) is 9.59 Å². The highest BCUT2D eigenvalue weighted by molar-refractivity contribution is 9.10. The number of benzene rings is 2. The third-order valence-corrected chi connectivity index (χ3v) is 5.96. The summed E-state index contributed by atoms with van der Waals surface area (Å²) in [5.74, 6) is -0.124. The molecule has 0 aliphatic heterocycles. The highest BCUT2D eigenvalue weighted by Crippen LogP contribution is 2.17. The Labute approximate surface area is 189 Å². The molecule has 0 spiro atoms. The number of carbonyl (C=O) groups excluding carboxylic acids is 2. The van der Waals surface area contributed by atoms with Gasteiger partial charge in [-0.2, -0.15) is 0 Å². The molecule has 2 rings (SSSR count). The lowest BCUT2D eigenvalue weighted by atomic mass is 10.0. The van der Waals surface area contributed by atoms with Crippen molar-refractivity contribution in [3.8, 4) is 0 Å². The first-order valence-electron chi connectivity index (χ1n) is 10.8. The van der Waals surface area contributed by atoms with Crippen LogP contribution in [0, 0.1) is 0 Å². The summed E-state index contributed by atoms with van der Waals surface area (Å²) >= 11 is 3.49. The van der Waals surface area contributed by atoms with Gasteiger partial charge in [-0.3, -0.25) is 9.59 Å². The second kappa shape index (κ2) is 11.9. The van der Waals surface area contributed by atoms with Crippen LogP contribution >= 0.6 is 15.9 Å². The Balaban J connectivity index is 2.13. The summed E-state index contributed by atoms with van der Waals surface area (Å²) in [7, 11) is 0. The largest absolute Gasteiger partial charge is 0.352 e. The van der Waals surface area contributed by atoms with Gasteiger partial charge in [0.25, 0.3) is 0 Å². The number of nitrogens with one attached hydrogen (secondary N) is 1. The Hall–Kier alpha value is -2.14. The fourth-order valence-corrected chi connectivity index (χ4v) is 3.66. The molecule has 0 saturated heterocycles. The van der Waals surface area contributed by atoms with Crippen molar-refractivity contribution in [3.05, 3.63) is 69.7 Å². The Kier molecular flexibility index (Phi) is 9.57. The Morgan fingerprint density at radius 3 is 2.27 bits per heavy atom. The Morgan fingerprint density at radius 1 is 1.00 bits per heavy atom. The molecular weight excluding hydrogens is 440 g/mol. The highest BCUT2D eigenvalue weighted by Gasteiger charge is 2.26. The third kappa shape index (κ3) is 7.28. The molecular formula is C25H33BrN2O2. The van der Waals surface area contributed by atoms with Gasteiger partial charge in [-0.15, -0.1) is 0 Å². The smallest absolute Gasteiger partial charge is 0.242 e. The summed E-state index contributed by atoms with van der Waals surface area (Å²) in [5.41, 5.74) is 3.42. The number of rotatable bonds is 10. The fourth-order valence-electron chi connectivity index (χ4n) is 3.22. The van der Waals surface area contributed by atoms with Crippen molar-refractivity contribution in [2.24, 2.45) is 0 Å². The SMILES string of the molecule is CCc1ccc(CCC(=O)N(Cc2cccc(Br)c2)[C@@H](C)C(=O)N[C@H](C)CC)cc1. The van der Waals surface area contributed by atoms with Crippen molar-refractivity contribution < 1.29 is 9.59 Å². The van der Waals surface area contributed by atoms with Crippen LogP contribution < -0.4 is 5.32 Å². The first-order chi connectivity index (χ1) is 14.3. The molecule has 162 valence electrons. The highest BCUT2D eigenvalue weighted by atomic mass is 79.9. The van der Waals surface area contributed by atoms with E-state index in [2.05, 4.69) is 52.4 Å². The monoisotopic (exact) mass is 472 g/mol. The summed E-state index contributed by atoms with van der Waals surface area (Å²) in [6.45, 7) is 8.35. The summed E-state index contributed by atoms with van der Waals surface area (Å²) in [5, 5.41) is 3.01. The van der Waals surface area contributed by atoms with E-state index in [0.717, 1.165) is 28.4 Å². The van der Waals surface area contributed by atoms with Gasteiger partial charge in [-0.05, 0) is 61.9 Å². The van der Waals surface area contributed by atoms with Crippen LogP contribution in [0.2, 0.25) is 0 Å². The normalized spacial score (nSPS) is 12.8. The van der Waals surface area contributed by atoms with E-state index in [1.165, 1.54) is 5.56 Å². The molecule has 2 aromatic rings. The molecule has 2 atom stereocenters. The molecule has 1 N–H and O–H groups in total. The van der Waals surface area contributed by atoms with Crippen LogP contribution in [0.4, 0.5) is 0 Å². The van der Waals surface area contributed by atoms with E-state index in [0.29, 0.717) is 19.4 Å². The zero-order chi connectivity index (χ0) is 22.1. The molecule has 0 fully saturated rings. The van der Waals surface area contributed by atoms with Crippen molar-refractivity contribution in [1.29, 1.82) is 0 Å². The van der Waals surface area contributed by atoms with E-state index in [1.54, 1.807) is 4.90 Å². The molecule has 30 heavy (non-hydrogen) atoms. The zero-order valence-corrected chi connectivity index (χ0v) is 20.0. The maximum absolute atomic E-state index is 13.2. The van der Waals surface area contributed by atoms with E-state index >= 15 is 0 Å². The van der Waals surface area contributed by atoms with Crippen LogP contribution in [0.25, 0.3) is 0 Å². The van der Waals surface area contributed by atoms with Gasteiger partial charge in [0.05, 0.1) is 0 Å². The van der Waals surface area contributed by atoms with E-state index in [-0.39, 0.29) is 17.9 Å².